The summed E-state index contributed by atoms with van der Waals surface area (Å²) in [4.78, 5) is 13.0. The number of hydrogen-bond donors (Lipinski definition) is 3. The Morgan fingerprint density at radius 3 is 2.80 bits per heavy atom. The van der Waals surface area contributed by atoms with Gasteiger partial charge in [-0.25, -0.2) is 15.0 Å². The van der Waals surface area contributed by atoms with Crippen molar-refractivity contribution in [2.45, 2.75) is 31.4 Å². The molecule has 1 aliphatic heterocycles. The number of nitrogens with zero attached hydrogens (tertiary/aromatic N) is 4. The van der Waals surface area contributed by atoms with Crippen molar-refractivity contribution in [3.05, 3.63) is 48.5 Å². The minimum atomic E-state index is -0.704. The van der Waals surface area contributed by atoms with E-state index in [2.05, 4.69) is 20.3 Å². The number of anilines is 1. The Labute approximate surface area is 144 Å². The van der Waals surface area contributed by atoms with Crippen LogP contribution in [0.2, 0.25) is 0 Å². The van der Waals surface area contributed by atoms with E-state index in [4.69, 9.17) is 4.74 Å². The molecule has 4 rings (SSSR count). The Balaban J connectivity index is 1.58. The first-order valence-corrected chi connectivity index (χ1v) is 8.16. The van der Waals surface area contributed by atoms with Crippen molar-refractivity contribution in [2.24, 2.45) is 0 Å². The first-order chi connectivity index (χ1) is 12.3. The predicted octanol–water partition coefficient (Wildman–Crippen LogP) is 1.08. The molecule has 25 heavy (non-hydrogen) atoms. The summed E-state index contributed by atoms with van der Waals surface area (Å²) in [5, 5.41) is 22.5. The van der Waals surface area contributed by atoms with Crippen LogP contribution in [0.4, 0.5) is 5.82 Å². The van der Waals surface area contributed by atoms with Gasteiger partial charge in [-0.05, 0) is 5.56 Å². The molecule has 8 nitrogen and oxygen atoms in total. The molecule has 0 radical (unpaired) electrons. The maximum atomic E-state index is 9.93. The van der Waals surface area contributed by atoms with Crippen molar-refractivity contribution in [1.82, 2.24) is 19.5 Å². The Morgan fingerprint density at radius 2 is 2.04 bits per heavy atom. The number of benzene rings is 1. The lowest BCUT2D eigenvalue weighted by molar-refractivity contribution is -0.0432. The molecule has 0 bridgehead atoms. The monoisotopic (exact) mass is 341 g/mol. The fourth-order valence-electron chi connectivity index (χ4n) is 3.02. The van der Waals surface area contributed by atoms with Crippen LogP contribution in [0.1, 0.15) is 18.2 Å². The van der Waals surface area contributed by atoms with Gasteiger partial charge in [0, 0.05) is 13.0 Å². The van der Waals surface area contributed by atoms with E-state index >= 15 is 0 Å². The molecular formula is C17H19N5O3. The molecule has 0 spiro atoms. The maximum absolute atomic E-state index is 9.93. The van der Waals surface area contributed by atoms with E-state index in [1.54, 1.807) is 10.9 Å². The van der Waals surface area contributed by atoms with Crippen LogP contribution in [0.15, 0.2) is 43.0 Å². The van der Waals surface area contributed by atoms with E-state index in [0.717, 1.165) is 5.56 Å². The number of nitrogens with one attached hydrogen (secondary N) is 1. The molecule has 1 aliphatic rings. The molecule has 0 amide bonds. The number of ether oxygens (including phenoxy) is 1. The molecule has 1 saturated heterocycles. The van der Waals surface area contributed by atoms with Gasteiger partial charge in [-0.3, -0.25) is 4.57 Å². The Bertz CT molecular complexity index is 854. The normalized spacial score (nSPS) is 23.2. The van der Waals surface area contributed by atoms with E-state index < -0.39 is 18.4 Å². The number of rotatable bonds is 5. The van der Waals surface area contributed by atoms with Gasteiger partial charge in [0.15, 0.2) is 17.0 Å². The zero-order valence-corrected chi connectivity index (χ0v) is 13.5. The van der Waals surface area contributed by atoms with Crippen LogP contribution in [-0.4, -0.2) is 48.5 Å². The predicted molar refractivity (Wildman–Crippen MR) is 90.7 cm³/mol. The van der Waals surface area contributed by atoms with Gasteiger partial charge in [-0.2, -0.15) is 0 Å². The van der Waals surface area contributed by atoms with E-state index in [1.165, 1.54) is 6.33 Å². The van der Waals surface area contributed by atoms with Crippen LogP contribution >= 0.6 is 0 Å². The van der Waals surface area contributed by atoms with E-state index in [-0.39, 0.29) is 6.61 Å². The second-order valence-corrected chi connectivity index (χ2v) is 6.00. The highest BCUT2D eigenvalue weighted by molar-refractivity contribution is 5.82. The highest BCUT2D eigenvalue weighted by Crippen LogP contribution is 2.31. The SMILES string of the molecule is OCC1OC(n2cnc3c(NCc4ccccc4)ncnc32)CC1O. The van der Waals surface area contributed by atoms with Gasteiger partial charge in [0.25, 0.3) is 0 Å². The molecule has 1 fully saturated rings. The second-order valence-electron chi connectivity index (χ2n) is 6.00. The van der Waals surface area contributed by atoms with Crippen molar-refractivity contribution in [2.75, 3.05) is 11.9 Å². The fourth-order valence-corrected chi connectivity index (χ4v) is 3.02. The van der Waals surface area contributed by atoms with Crippen LogP contribution < -0.4 is 5.32 Å². The van der Waals surface area contributed by atoms with Crippen molar-refractivity contribution in [3.63, 3.8) is 0 Å². The quantitative estimate of drug-likeness (QED) is 0.638. The molecular weight excluding hydrogens is 322 g/mol. The van der Waals surface area contributed by atoms with Crippen LogP contribution in [-0.2, 0) is 11.3 Å². The van der Waals surface area contributed by atoms with Crippen LogP contribution in [0, 0.1) is 0 Å². The van der Waals surface area contributed by atoms with Gasteiger partial charge in [0.05, 0.1) is 19.0 Å². The minimum Gasteiger partial charge on any atom is -0.394 e. The lowest BCUT2D eigenvalue weighted by atomic mass is 10.2. The summed E-state index contributed by atoms with van der Waals surface area (Å²) < 4.78 is 7.45. The number of imidazole rings is 1. The number of fused-ring (bicyclic) bond motifs is 1. The summed E-state index contributed by atoms with van der Waals surface area (Å²) in [6, 6.07) is 10.0. The molecule has 3 heterocycles. The third kappa shape index (κ3) is 3.07. The van der Waals surface area contributed by atoms with Crippen molar-refractivity contribution in [3.8, 4) is 0 Å². The topological polar surface area (TPSA) is 105 Å². The average molecular weight is 341 g/mol. The van der Waals surface area contributed by atoms with Crippen LogP contribution in [0.3, 0.4) is 0 Å². The molecule has 2 aromatic heterocycles. The highest BCUT2D eigenvalue weighted by Gasteiger charge is 2.35. The van der Waals surface area contributed by atoms with Gasteiger partial charge < -0.3 is 20.3 Å². The number of hydrogen-bond acceptors (Lipinski definition) is 7. The van der Waals surface area contributed by atoms with Gasteiger partial charge in [0.1, 0.15) is 18.7 Å². The summed E-state index contributed by atoms with van der Waals surface area (Å²) in [5.41, 5.74) is 2.41. The van der Waals surface area contributed by atoms with Crippen LogP contribution in [0.5, 0.6) is 0 Å². The molecule has 0 aliphatic carbocycles. The number of aromatic nitrogens is 4. The minimum absolute atomic E-state index is 0.219. The zero-order valence-electron chi connectivity index (χ0n) is 13.5. The third-order valence-corrected chi connectivity index (χ3v) is 4.36. The molecule has 1 aromatic carbocycles. The third-order valence-electron chi connectivity index (χ3n) is 4.36. The first-order valence-electron chi connectivity index (χ1n) is 8.16. The van der Waals surface area contributed by atoms with E-state index in [9.17, 15) is 10.2 Å². The summed E-state index contributed by atoms with van der Waals surface area (Å²) in [6.07, 6.45) is 1.79. The highest BCUT2D eigenvalue weighted by atomic mass is 16.5. The van der Waals surface area contributed by atoms with Crippen LogP contribution in [0.25, 0.3) is 11.2 Å². The van der Waals surface area contributed by atoms with Crippen molar-refractivity contribution in [1.29, 1.82) is 0 Å². The fraction of sp³-hybridized carbons (Fsp3) is 0.353. The standard InChI is InChI=1S/C17H19N5O3/c23-8-13-12(24)6-14(25-13)22-10-21-15-16(19-9-20-17(15)22)18-7-11-4-2-1-3-5-11/h1-5,9-10,12-14,23-24H,6-8H2,(H,18,19,20). The lowest BCUT2D eigenvalue weighted by Gasteiger charge is -2.13. The Hall–Kier alpha value is -2.55. The van der Waals surface area contributed by atoms with Gasteiger partial charge >= 0.3 is 0 Å². The molecule has 130 valence electrons. The van der Waals surface area contributed by atoms with Crippen molar-refractivity contribution >= 4 is 17.0 Å². The smallest absolute Gasteiger partial charge is 0.167 e. The maximum Gasteiger partial charge on any atom is 0.167 e. The Kier molecular flexibility index (Phi) is 4.31. The lowest BCUT2D eigenvalue weighted by Crippen LogP contribution is -2.24. The van der Waals surface area contributed by atoms with Gasteiger partial charge in [0.2, 0.25) is 0 Å². The molecule has 3 aromatic rings. The number of aliphatic hydroxyl groups is 2. The average Bonchev–Trinajstić information content (AvgIpc) is 3.24. The van der Waals surface area contributed by atoms with E-state index in [1.807, 2.05) is 30.3 Å². The summed E-state index contributed by atoms with van der Waals surface area (Å²) in [7, 11) is 0. The van der Waals surface area contributed by atoms with Crippen molar-refractivity contribution < 1.29 is 14.9 Å². The molecule has 3 N–H and O–H groups in total. The zero-order chi connectivity index (χ0) is 17.2. The second kappa shape index (κ2) is 6.75. The number of aliphatic hydroxyl groups excluding tert-OH is 2. The molecule has 3 unspecified atom stereocenters. The summed E-state index contributed by atoms with van der Waals surface area (Å²) >= 11 is 0. The van der Waals surface area contributed by atoms with E-state index in [0.29, 0.717) is 29.9 Å². The largest absolute Gasteiger partial charge is 0.394 e. The van der Waals surface area contributed by atoms with Gasteiger partial charge in [-0.1, -0.05) is 30.3 Å². The Morgan fingerprint density at radius 1 is 1.20 bits per heavy atom. The summed E-state index contributed by atoms with van der Waals surface area (Å²) in [6.45, 7) is 0.411. The van der Waals surface area contributed by atoms with Gasteiger partial charge in [-0.15, -0.1) is 0 Å². The first kappa shape index (κ1) is 15.9. The molecule has 3 atom stereocenters. The molecule has 0 saturated carbocycles. The molecule has 8 heteroatoms. The summed E-state index contributed by atoms with van der Waals surface area (Å²) in [5.74, 6) is 0.643.